The number of carbonyl (C=O) groups is 1. The van der Waals surface area contributed by atoms with Crippen LogP contribution in [0.5, 0.6) is 0 Å². The molecule has 0 aliphatic heterocycles. The Morgan fingerprint density at radius 3 is 2.90 bits per heavy atom. The van der Waals surface area contributed by atoms with Crippen LogP contribution in [0.3, 0.4) is 0 Å². The molecule has 0 aliphatic rings. The van der Waals surface area contributed by atoms with E-state index < -0.39 is 0 Å². The number of nitrogens with zero attached hydrogens (tertiary/aromatic N) is 2. The molecule has 3 rings (SSSR count). The molecule has 6 heteroatoms. The number of rotatable bonds is 3. The van der Waals surface area contributed by atoms with Crippen LogP contribution in [0.1, 0.15) is 27.7 Å². The number of imidazole rings is 1. The molecule has 0 bridgehead atoms. The van der Waals surface area contributed by atoms with Crippen LogP contribution in [0.25, 0.3) is 16.7 Å². The fourth-order valence-electron chi connectivity index (χ4n) is 2.50. The summed E-state index contributed by atoms with van der Waals surface area (Å²) in [6.07, 6.45) is 4.08. The maximum Gasteiger partial charge on any atom is 0.350 e. The first-order valence-electron chi connectivity index (χ1n) is 6.69. The molecule has 0 N–H and O–H groups in total. The lowest BCUT2D eigenvalue weighted by Gasteiger charge is -2.02. The topological polar surface area (TPSA) is 43.6 Å². The lowest BCUT2D eigenvalue weighted by Crippen LogP contribution is -2.02. The normalized spacial score (nSPS) is 11.4. The smallest absolute Gasteiger partial charge is 0.350 e. The zero-order valence-corrected chi connectivity index (χ0v) is 14.0. The molecule has 0 atom stereocenters. The maximum absolute atomic E-state index is 12.1. The van der Waals surface area contributed by atoms with Gasteiger partial charge in [0.1, 0.15) is 16.0 Å². The first-order valence-corrected chi connectivity index (χ1v) is 8.73. The van der Waals surface area contributed by atoms with Crippen molar-refractivity contribution in [3.8, 4) is 0 Å². The molecule has 0 saturated carbocycles. The predicted molar refractivity (Wildman–Crippen MR) is 87.8 cm³/mol. The third-order valence-corrected chi connectivity index (χ3v) is 5.55. The Morgan fingerprint density at radius 1 is 1.48 bits per heavy atom. The molecular formula is C15H16N2O2S2. The lowest BCUT2D eigenvalue weighted by atomic mass is 10.2. The lowest BCUT2D eigenvalue weighted by molar-refractivity contribution is 0.0534. The molecule has 4 nitrogen and oxygen atoms in total. The maximum atomic E-state index is 12.1. The molecule has 0 saturated heterocycles. The number of pyridine rings is 1. The zero-order chi connectivity index (χ0) is 15.1. The summed E-state index contributed by atoms with van der Waals surface area (Å²) < 4.78 is 8.33. The molecule has 0 unspecified atom stereocenters. The van der Waals surface area contributed by atoms with Gasteiger partial charge in [-0.15, -0.1) is 23.1 Å². The SMILES string of the molecule is CCOC(=O)c1sc(SC)c2c1nc1c(C)cc(C)cn12. The molecule has 0 aromatic carbocycles. The van der Waals surface area contributed by atoms with Crippen LogP contribution in [0.2, 0.25) is 0 Å². The van der Waals surface area contributed by atoms with Gasteiger partial charge in [-0.2, -0.15) is 0 Å². The fourth-order valence-corrected chi connectivity index (χ4v) is 4.33. The number of thiophene rings is 1. The van der Waals surface area contributed by atoms with E-state index in [-0.39, 0.29) is 5.97 Å². The summed E-state index contributed by atoms with van der Waals surface area (Å²) in [5.41, 5.74) is 4.95. The van der Waals surface area contributed by atoms with Gasteiger partial charge < -0.3 is 4.74 Å². The van der Waals surface area contributed by atoms with Gasteiger partial charge in [-0.3, -0.25) is 4.40 Å². The Balaban J connectivity index is 2.38. The van der Waals surface area contributed by atoms with Crippen molar-refractivity contribution in [3.05, 3.63) is 28.3 Å². The van der Waals surface area contributed by atoms with Gasteiger partial charge in [-0.1, -0.05) is 6.07 Å². The van der Waals surface area contributed by atoms with E-state index in [0.29, 0.717) is 11.5 Å². The van der Waals surface area contributed by atoms with Crippen molar-refractivity contribution < 1.29 is 9.53 Å². The van der Waals surface area contributed by atoms with Crippen molar-refractivity contribution in [1.29, 1.82) is 0 Å². The molecule has 0 amide bonds. The first kappa shape index (κ1) is 14.4. The minimum atomic E-state index is -0.286. The summed E-state index contributed by atoms with van der Waals surface area (Å²) in [4.78, 5) is 17.4. The average molecular weight is 320 g/mol. The van der Waals surface area contributed by atoms with E-state index in [2.05, 4.69) is 28.6 Å². The van der Waals surface area contributed by atoms with E-state index in [9.17, 15) is 4.79 Å². The van der Waals surface area contributed by atoms with Crippen LogP contribution in [-0.2, 0) is 4.74 Å². The predicted octanol–water partition coefficient (Wildman–Crippen LogP) is 4.06. The Labute approximate surface area is 131 Å². The molecule has 3 aromatic heterocycles. The Bertz CT molecular complexity index is 848. The summed E-state index contributed by atoms with van der Waals surface area (Å²) in [5, 5.41) is 0. The second kappa shape index (κ2) is 5.35. The number of ether oxygens (including phenoxy) is 1. The summed E-state index contributed by atoms with van der Waals surface area (Å²) in [5.74, 6) is -0.286. The van der Waals surface area contributed by atoms with Crippen LogP contribution in [0.15, 0.2) is 16.5 Å². The van der Waals surface area contributed by atoms with Gasteiger partial charge in [0.25, 0.3) is 0 Å². The first-order chi connectivity index (χ1) is 10.1. The highest BCUT2D eigenvalue weighted by molar-refractivity contribution is 8.00. The van der Waals surface area contributed by atoms with Crippen LogP contribution in [0, 0.1) is 13.8 Å². The van der Waals surface area contributed by atoms with Crippen molar-refractivity contribution in [3.63, 3.8) is 0 Å². The standard InChI is InChI=1S/C15H16N2O2S2/c1-5-19-14(18)12-10-11(15(20-4)21-12)17-7-8(2)6-9(3)13(17)16-10/h6-7H,5H2,1-4H3. The minimum absolute atomic E-state index is 0.286. The van der Waals surface area contributed by atoms with Gasteiger partial charge in [0.05, 0.1) is 16.3 Å². The number of thioether (sulfide) groups is 1. The zero-order valence-electron chi connectivity index (χ0n) is 12.4. The Kier molecular flexibility index (Phi) is 3.67. The molecule has 0 aliphatic carbocycles. The molecule has 0 spiro atoms. The molecule has 3 heterocycles. The fraction of sp³-hybridized carbons (Fsp3) is 0.333. The number of aromatic nitrogens is 2. The quantitative estimate of drug-likeness (QED) is 0.539. The highest BCUT2D eigenvalue weighted by Gasteiger charge is 2.23. The molecule has 0 radical (unpaired) electrons. The van der Waals surface area contributed by atoms with Gasteiger partial charge in [0, 0.05) is 6.20 Å². The van der Waals surface area contributed by atoms with Crippen LogP contribution < -0.4 is 0 Å². The van der Waals surface area contributed by atoms with Crippen molar-refractivity contribution in [1.82, 2.24) is 9.38 Å². The number of hydrogen-bond donors (Lipinski definition) is 0. The number of fused-ring (bicyclic) bond motifs is 3. The Morgan fingerprint density at radius 2 is 2.24 bits per heavy atom. The minimum Gasteiger partial charge on any atom is -0.462 e. The number of hydrogen-bond acceptors (Lipinski definition) is 5. The van der Waals surface area contributed by atoms with E-state index in [1.54, 1.807) is 11.8 Å². The highest BCUT2D eigenvalue weighted by atomic mass is 32.2. The average Bonchev–Trinajstić information content (AvgIpc) is 2.96. The van der Waals surface area contributed by atoms with Gasteiger partial charge in [-0.25, -0.2) is 9.78 Å². The largest absolute Gasteiger partial charge is 0.462 e. The van der Waals surface area contributed by atoms with Gasteiger partial charge in [0.2, 0.25) is 0 Å². The van der Waals surface area contributed by atoms with Gasteiger partial charge in [-0.05, 0) is 38.2 Å². The Hall–Kier alpha value is -1.53. The number of carbonyl (C=O) groups excluding carboxylic acids is 1. The number of esters is 1. The van der Waals surface area contributed by atoms with Crippen LogP contribution >= 0.6 is 23.1 Å². The van der Waals surface area contributed by atoms with Crippen molar-refractivity contribution in [2.45, 2.75) is 25.0 Å². The van der Waals surface area contributed by atoms with Gasteiger partial charge >= 0.3 is 5.97 Å². The van der Waals surface area contributed by atoms with E-state index in [0.717, 1.165) is 26.5 Å². The van der Waals surface area contributed by atoms with E-state index in [4.69, 9.17) is 4.74 Å². The second-order valence-corrected chi connectivity index (χ2v) is 6.94. The highest BCUT2D eigenvalue weighted by Crippen LogP contribution is 2.38. The van der Waals surface area contributed by atoms with Gasteiger partial charge in [0.15, 0.2) is 0 Å². The molecule has 0 fully saturated rings. The monoisotopic (exact) mass is 320 g/mol. The number of aryl methyl sites for hydroxylation is 2. The second-order valence-electron chi connectivity index (χ2n) is 4.85. The molecular weight excluding hydrogens is 304 g/mol. The molecule has 3 aromatic rings. The van der Waals surface area contributed by atoms with Crippen molar-refractivity contribution >= 4 is 45.7 Å². The van der Waals surface area contributed by atoms with Crippen LogP contribution in [0.4, 0.5) is 0 Å². The third kappa shape index (κ3) is 2.22. The van der Waals surface area contributed by atoms with Crippen molar-refractivity contribution in [2.75, 3.05) is 12.9 Å². The summed E-state index contributed by atoms with van der Waals surface area (Å²) in [6.45, 7) is 6.30. The van der Waals surface area contributed by atoms with Crippen molar-refractivity contribution in [2.24, 2.45) is 0 Å². The summed E-state index contributed by atoms with van der Waals surface area (Å²) >= 11 is 3.09. The van der Waals surface area contributed by atoms with E-state index in [1.165, 1.54) is 16.9 Å². The summed E-state index contributed by atoms with van der Waals surface area (Å²) in [7, 11) is 0. The third-order valence-electron chi connectivity index (χ3n) is 3.29. The molecule has 21 heavy (non-hydrogen) atoms. The van der Waals surface area contributed by atoms with E-state index in [1.807, 2.05) is 20.1 Å². The summed E-state index contributed by atoms with van der Waals surface area (Å²) in [6, 6.07) is 2.10. The molecule has 110 valence electrons. The van der Waals surface area contributed by atoms with Crippen LogP contribution in [-0.4, -0.2) is 28.2 Å². The van der Waals surface area contributed by atoms with E-state index >= 15 is 0 Å².